The third kappa shape index (κ3) is 4.25. The average Bonchev–Trinajstić information content (AvgIpc) is 2.58. The van der Waals surface area contributed by atoms with Crippen molar-refractivity contribution in [1.29, 1.82) is 0 Å². The Bertz CT molecular complexity index is 866. The van der Waals surface area contributed by atoms with Crippen LogP contribution in [-0.4, -0.2) is 21.1 Å². The van der Waals surface area contributed by atoms with Crippen LogP contribution in [-0.2, 0) is 17.6 Å². The second kappa shape index (κ2) is 7.62. The number of fused-ring (bicyclic) bond motifs is 1. The Morgan fingerprint density at radius 3 is 2.92 bits per heavy atom. The van der Waals surface area contributed by atoms with Gasteiger partial charge in [-0.25, -0.2) is 4.98 Å². The van der Waals surface area contributed by atoms with Crippen LogP contribution >= 0.6 is 23.4 Å². The molecule has 2 N–H and O–H groups in total. The van der Waals surface area contributed by atoms with Crippen molar-refractivity contribution in [3.05, 3.63) is 50.4 Å². The van der Waals surface area contributed by atoms with E-state index in [2.05, 4.69) is 15.3 Å². The monoisotopic (exact) mass is 377 g/mol. The van der Waals surface area contributed by atoms with Crippen molar-refractivity contribution in [2.75, 3.05) is 5.32 Å². The number of carbonyl (C=O) groups is 1. The van der Waals surface area contributed by atoms with Gasteiger partial charge in [-0.1, -0.05) is 29.4 Å². The molecule has 0 radical (unpaired) electrons. The van der Waals surface area contributed by atoms with Gasteiger partial charge in [-0.2, -0.15) is 0 Å². The fourth-order valence-electron chi connectivity index (χ4n) is 2.82. The van der Waals surface area contributed by atoms with Gasteiger partial charge in [0.15, 0.2) is 5.16 Å². The molecule has 0 saturated heterocycles. The van der Waals surface area contributed by atoms with Crippen LogP contribution in [0.4, 0.5) is 5.69 Å². The van der Waals surface area contributed by atoms with Crippen molar-refractivity contribution in [3.8, 4) is 0 Å². The molecule has 7 heteroatoms. The van der Waals surface area contributed by atoms with Crippen LogP contribution in [0.2, 0.25) is 5.02 Å². The summed E-state index contributed by atoms with van der Waals surface area (Å²) in [6.45, 7) is 3.70. The molecule has 0 bridgehead atoms. The maximum absolute atomic E-state index is 12.5. The van der Waals surface area contributed by atoms with Crippen LogP contribution in [0, 0.1) is 6.92 Å². The van der Waals surface area contributed by atoms with Crippen molar-refractivity contribution < 1.29 is 4.79 Å². The number of aromatic amines is 1. The minimum Gasteiger partial charge on any atom is -0.325 e. The minimum absolute atomic E-state index is 0.0782. The van der Waals surface area contributed by atoms with Crippen molar-refractivity contribution in [2.24, 2.45) is 0 Å². The Hall–Kier alpha value is -1.79. The van der Waals surface area contributed by atoms with Crippen LogP contribution < -0.4 is 10.9 Å². The highest BCUT2D eigenvalue weighted by molar-refractivity contribution is 8.00. The zero-order valence-electron chi connectivity index (χ0n) is 14.2. The zero-order chi connectivity index (χ0) is 18.0. The molecule has 5 nitrogen and oxygen atoms in total. The predicted molar refractivity (Wildman–Crippen MR) is 102 cm³/mol. The molecule has 1 atom stereocenters. The third-order valence-electron chi connectivity index (χ3n) is 4.28. The van der Waals surface area contributed by atoms with E-state index < -0.39 is 5.25 Å². The summed E-state index contributed by atoms with van der Waals surface area (Å²) < 4.78 is 0. The van der Waals surface area contributed by atoms with Crippen LogP contribution in [0.15, 0.2) is 28.2 Å². The van der Waals surface area contributed by atoms with Gasteiger partial charge in [-0.05, 0) is 57.2 Å². The van der Waals surface area contributed by atoms with Crippen molar-refractivity contribution >= 4 is 35.0 Å². The number of hydrogen-bond acceptors (Lipinski definition) is 4. The van der Waals surface area contributed by atoms with Gasteiger partial charge in [0.1, 0.15) is 0 Å². The molecule has 0 aliphatic heterocycles. The third-order valence-corrected chi connectivity index (χ3v) is 5.50. The summed E-state index contributed by atoms with van der Waals surface area (Å²) in [5, 5.41) is 3.55. The Labute approximate surface area is 155 Å². The van der Waals surface area contributed by atoms with Gasteiger partial charge in [-0.3, -0.25) is 9.59 Å². The number of halogens is 1. The van der Waals surface area contributed by atoms with Crippen LogP contribution in [0.25, 0.3) is 0 Å². The number of aromatic nitrogens is 2. The van der Waals surface area contributed by atoms with E-state index in [1.807, 2.05) is 13.0 Å². The first-order valence-corrected chi connectivity index (χ1v) is 9.55. The molecule has 1 amide bonds. The zero-order valence-corrected chi connectivity index (χ0v) is 15.8. The second-order valence-electron chi connectivity index (χ2n) is 6.21. The fraction of sp³-hybridized carbons (Fsp3) is 0.389. The second-order valence-corrected chi connectivity index (χ2v) is 7.98. The summed E-state index contributed by atoms with van der Waals surface area (Å²) >= 11 is 7.24. The maximum atomic E-state index is 12.5. The summed E-state index contributed by atoms with van der Waals surface area (Å²) in [7, 11) is 0. The number of H-pyrrole nitrogens is 1. The Morgan fingerprint density at radius 1 is 1.36 bits per heavy atom. The number of hydrogen-bond donors (Lipinski definition) is 2. The lowest BCUT2D eigenvalue weighted by Gasteiger charge is -2.16. The average molecular weight is 378 g/mol. The maximum Gasteiger partial charge on any atom is 0.254 e. The molecule has 1 aliphatic rings. The number of benzene rings is 1. The summed E-state index contributed by atoms with van der Waals surface area (Å²) in [5.41, 5.74) is 3.22. The van der Waals surface area contributed by atoms with E-state index in [1.165, 1.54) is 11.8 Å². The molecule has 0 fully saturated rings. The molecule has 25 heavy (non-hydrogen) atoms. The van der Waals surface area contributed by atoms with E-state index in [0.29, 0.717) is 15.9 Å². The number of rotatable bonds is 4. The van der Waals surface area contributed by atoms with E-state index in [9.17, 15) is 9.59 Å². The highest BCUT2D eigenvalue weighted by Gasteiger charge is 2.20. The molecular formula is C18H20ClN3O2S. The molecule has 0 unspecified atom stereocenters. The number of carbonyl (C=O) groups excluding carboxylic acids is 1. The first kappa shape index (κ1) is 18.0. The van der Waals surface area contributed by atoms with Crippen LogP contribution in [0.3, 0.4) is 0 Å². The Kier molecular flexibility index (Phi) is 5.49. The Morgan fingerprint density at radius 2 is 2.12 bits per heavy atom. The van der Waals surface area contributed by atoms with Gasteiger partial charge in [0, 0.05) is 16.3 Å². The topological polar surface area (TPSA) is 74.8 Å². The number of anilines is 1. The smallest absolute Gasteiger partial charge is 0.254 e. The first-order valence-electron chi connectivity index (χ1n) is 8.30. The standard InChI is InChI=1S/C18H20ClN3O2S/c1-10-7-8-12(19)9-15(10)20-16(23)11(2)25-18-21-14-6-4-3-5-13(14)17(24)22-18/h7-9,11H,3-6H2,1-2H3,(H,20,23)(H,21,22,24)/t11-/m1/s1. The molecule has 1 aliphatic carbocycles. The van der Waals surface area contributed by atoms with Crippen LogP contribution in [0.5, 0.6) is 0 Å². The lowest BCUT2D eigenvalue weighted by Crippen LogP contribution is -2.25. The highest BCUT2D eigenvalue weighted by atomic mass is 35.5. The fourth-order valence-corrected chi connectivity index (χ4v) is 3.81. The molecule has 1 heterocycles. The molecule has 1 aromatic carbocycles. The van der Waals surface area contributed by atoms with Gasteiger partial charge >= 0.3 is 0 Å². The highest BCUT2D eigenvalue weighted by Crippen LogP contribution is 2.25. The quantitative estimate of drug-likeness (QED) is 0.628. The molecule has 1 aromatic heterocycles. The lowest BCUT2D eigenvalue weighted by atomic mass is 9.97. The normalized spacial score (nSPS) is 14.7. The van der Waals surface area contributed by atoms with E-state index >= 15 is 0 Å². The predicted octanol–water partition coefficient (Wildman–Crippen LogP) is 3.73. The first-order chi connectivity index (χ1) is 11.9. The SMILES string of the molecule is Cc1ccc(Cl)cc1NC(=O)[C@@H](C)Sc1nc2c(c(=O)[nH]1)CCCC2. The van der Waals surface area contributed by atoms with Gasteiger partial charge in [0.2, 0.25) is 5.91 Å². The Balaban J connectivity index is 1.72. The summed E-state index contributed by atoms with van der Waals surface area (Å²) in [6.07, 6.45) is 3.70. The van der Waals surface area contributed by atoms with Gasteiger partial charge in [0.05, 0.1) is 10.9 Å². The molecule has 0 spiro atoms. The number of aryl methyl sites for hydroxylation is 2. The molecule has 2 aromatic rings. The van der Waals surface area contributed by atoms with E-state index in [1.54, 1.807) is 19.1 Å². The van der Waals surface area contributed by atoms with Gasteiger partial charge in [0.25, 0.3) is 5.56 Å². The number of nitrogens with zero attached hydrogens (tertiary/aromatic N) is 1. The molecule has 3 rings (SSSR count). The largest absolute Gasteiger partial charge is 0.325 e. The summed E-state index contributed by atoms with van der Waals surface area (Å²) in [6, 6.07) is 5.37. The van der Waals surface area contributed by atoms with Crippen molar-refractivity contribution in [3.63, 3.8) is 0 Å². The van der Waals surface area contributed by atoms with Gasteiger partial charge in [-0.15, -0.1) is 0 Å². The molecular weight excluding hydrogens is 358 g/mol. The summed E-state index contributed by atoms with van der Waals surface area (Å²) in [4.78, 5) is 32.0. The van der Waals surface area contributed by atoms with E-state index in [4.69, 9.17) is 11.6 Å². The van der Waals surface area contributed by atoms with Crippen molar-refractivity contribution in [1.82, 2.24) is 9.97 Å². The number of thioether (sulfide) groups is 1. The van der Waals surface area contributed by atoms with Crippen molar-refractivity contribution in [2.45, 2.75) is 49.9 Å². The van der Waals surface area contributed by atoms with Crippen LogP contribution in [0.1, 0.15) is 36.6 Å². The lowest BCUT2D eigenvalue weighted by molar-refractivity contribution is -0.115. The van der Waals surface area contributed by atoms with E-state index in [-0.39, 0.29) is 11.5 Å². The van der Waals surface area contributed by atoms with Gasteiger partial charge < -0.3 is 10.3 Å². The summed E-state index contributed by atoms with van der Waals surface area (Å²) in [5.74, 6) is -0.157. The van der Waals surface area contributed by atoms with E-state index in [0.717, 1.165) is 42.5 Å². The number of nitrogens with one attached hydrogen (secondary N) is 2. The minimum atomic E-state index is -0.400. The number of amides is 1. The molecule has 0 saturated carbocycles. The molecule has 132 valence electrons.